The summed E-state index contributed by atoms with van der Waals surface area (Å²) in [6.07, 6.45) is 0.413. The second-order valence-corrected chi connectivity index (χ2v) is 3.77. The number of hydrogen-bond donors (Lipinski definition) is 0. The Bertz CT molecular complexity index is 253. The topological polar surface area (TPSA) is 71.1 Å². The van der Waals surface area contributed by atoms with Crippen molar-refractivity contribution in [3.05, 3.63) is 0 Å². The Balaban J connectivity index is 4.15. The van der Waals surface area contributed by atoms with Gasteiger partial charge >= 0.3 is 11.9 Å². The molecule has 0 aromatic carbocycles. The van der Waals surface area contributed by atoms with Crippen molar-refractivity contribution in [1.82, 2.24) is 0 Å². The number of esters is 2. The van der Waals surface area contributed by atoms with E-state index in [4.69, 9.17) is 18.9 Å². The fourth-order valence-corrected chi connectivity index (χ4v) is 1.09. The van der Waals surface area contributed by atoms with Gasteiger partial charge < -0.3 is 18.9 Å². The molecule has 0 spiro atoms. The first kappa shape index (κ1) is 16.9. The molecule has 0 fully saturated rings. The highest BCUT2D eigenvalue weighted by Gasteiger charge is 2.26. The molecule has 2 atom stereocenters. The Morgan fingerprint density at radius 3 is 2.28 bits per heavy atom. The average molecular weight is 262 g/mol. The van der Waals surface area contributed by atoms with Gasteiger partial charge in [0.25, 0.3) is 0 Å². The molecule has 0 aromatic heterocycles. The molecular formula is C12H22O6. The van der Waals surface area contributed by atoms with Gasteiger partial charge in [-0.2, -0.15) is 0 Å². The first-order valence-corrected chi connectivity index (χ1v) is 5.95. The van der Waals surface area contributed by atoms with Crippen LogP contribution in [0.1, 0.15) is 26.7 Å². The Morgan fingerprint density at radius 2 is 1.78 bits per heavy atom. The third-order valence-corrected chi connectivity index (χ3v) is 2.22. The highest BCUT2D eigenvalue weighted by molar-refractivity contribution is 5.94. The van der Waals surface area contributed by atoms with Crippen molar-refractivity contribution in [3.8, 4) is 0 Å². The minimum Gasteiger partial charge on any atom is -0.465 e. The standard InChI is InChI=1S/C12H22O6/c1-5-7-17-11(13)9(2)12(14)18-10(16-4)6-8-15-3/h9-10H,5-8H2,1-4H3. The molecule has 0 saturated carbocycles. The number of hydrogen-bond acceptors (Lipinski definition) is 6. The third kappa shape index (κ3) is 6.56. The maximum absolute atomic E-state index is 11.6. The second kappa shape index (κ2) is 9.85. The molecule has 0 radical (unpaired) electrons. The molecule has 0 aromatic rings. The lowest BCUT2D eigenvalue weighted by Crippen LogP contribution is -2.30. The lowest BCUT2D eigenvalue weighted by atomic mass is 10.2. The van der Waals surface area contributed by atoms with E-state index >= 15 is 0 Å². The van der Waals surface area contributed by atoms with E-state index in [1.165, 1.54) is 14.0 Å². The second-order valence-electron chi connectivity index (χ2n) is 3.77. The zero-order valence-electron chi connectivity index (χ0n) is 11.4. The predicted octanol–water partition coefficient (Wildman–Crippen LogP) is 1.13. The van der Waals surface area contributed by atoms with Crippen LogP contribution in [0.4, 0.5) is 0 Å². The van der Waals surface area contributed by atoms with Gasteiger partial charge in [0.05, 0.1) is 13.2 Å². The number of carbonyl (C=O) groups excluding carboxylic acids is 2. The van der Waals surface area contributed by atoms with Crippen LogP contribution in [0.25, 0.3) is 0 Å². The SMILES string of the molecule is CCCOC(=O)C(C)C(=O)OC(CCOC)OC. The minimum atomic E-state index is -0.947. The first-order chi connectivity index (χ1) is 8.56. The van der Waals surface area contributed by atoms with Gasteiger partial charge in [-0.05, 0) is 13.3 Å². The van der Waals surface area contributed by atoms with Crippen molar-refractivity contribution in [1.29, 1.82) is 0 Å². The summed E-state index contributed by atoms with van der Waals surface area (Å²) in [4.78, 5) is 23.1. The third-order valence-electron chi connectivity index (χ3n) is 2.22. The molecule has 6 heteroatoms. The van der Waals surface area contributed by atoms with Crippen LogP contribution in [0, 0.1) is 5.92 Å². The lowest BCUT2D eigenvalue weighted by molar-refractivity contribution is -0.184. The Labute approximate surface area is 108 Å². The summed E-state index contributed by atoms with van der Waals surface area (Å²) in [5.74, 6) is -2.18. The van der Waals surface area contributed by atoms with E-state index in [0.717, 1.165) is 0 Å². The van der Waals surface area contributed by atoms with Crippen LogP contribution >= 0.6 is 0 Å². The van der Waals surface area contributed by atoms with Crippen LogP contribution in [0.15, 0.2) is 0 Å². The molecule has 18 heavy (non-hydrogen) atoms. The van der Waals surface area contributed by atoms with Crippen molar-refractivity contribution < 1.29 is 28.5 Å². The van der Waals surface area contributed by atoms with E-state index in [1.54, 1.807) is 7.11 Å². The molecule has 2 unspecified atom stereocenters. The summed E-state index contributed by atoms with van der Waals surface area (Å²) >= 11 is 0. The number of methoxy groups -OCH3 is 2. The van der Waals surface area contributed by atoms with E-state index < -0.39 is 24.1 Å². The largest absolute Gasteiger partial charge is 0.465 e. The van der Waals surface area contributed by atoms with Crippen LogP contribution in [-0.4, -0.2) is 45.7 Å². The van der Waals surface area contributed by atoms with Crippen molar-refractivity contribution in [2.24, 2.45) is 5.92 Å². The van der Waals surface area contributed by atoms with Gasteiger partial charge in [0.15, 0.2) is 5.92 Å². The van der Waals surface area contributed by atoms with Crippen LogP contribution in [0.2, 0.25) is 0 Å². The summed E-state index contributed by atoms with van der Waals surface area (Å²) in [5.41, 5.74) is 0. The van der Waals surface area contributed by atoms with E-state index in [1.807, 2.05) is 6.92 Å². The monoisotopic (exact) mass is 262 g/mol. The van der Waals surface area contributed by atoms with Gasteiger partial charge in [0, 0.05) is 20.6 Å². The summed E-state index contributed by atoms with van der Waals surface area (Å²) in [6.45, 7) is 4.03. The molecule has 0 rings (SSSR count). The number of rotatable bonds is 9. The fraction of sp³-hybridized carbons (Fsp3) is 0.833. The summed E-state index contributed by atoms with van der Waals surface area (Å²) < 4.78 is 19.7. The molecule has 0 aliphatic carbocycles. The van der Waals surface area contributed by atoms with Crippen LogP contribution < -0.4 is 0 Å². The molecular weight excluding hydrogens is 240 g/mol. The highest BCUT2D eigenvalue weighted by atomic mass is 16.7. The number of carbonyl (C=O) groups is 2. The smallest absolute Gasteiger partial charge is 0.322 e. The molecule has 0 N–H and O–H groups in total. The number of ether oxygens (including phenoxy) is 4. The van der Waals surface area contributed by atoms with Crippen LogP contribution in [-0.2, 0) is 28.5 Å². The highest BCUT2D eigenvalue weighted by Crippen LogP contribution is 2.08. The fourth-order valence-electron chi connectivity index (χ4n) is 1.09. The molecule has 0 heterocycles. The van der Waals surface area contributed by atoms with Gasteiger partial charge in [-0.1, -0.05) is 6.92 Å². The van der Waals surface area contributed by atoms with Gasteiger partial charge in [-0.15, -0.1) is 0 Å². The van der Waals surface area contributed by atoms with Gasteiger partial charge in [0.1, 0.15) is 0 Å². The van der Waals surface area contributed by atoms with Gasteiger partial charge in [-0.3, -0.25) is 9.59 Å². The Morgan fingerprint density at radius 1 is 1.11 bits per heavy atom. The molecule has 106 valence electrons. The molecule has 0 aliphatic heterocycles. The van der Waals surface area contributed by atoms with Crippen LogP contribution in [0.5, 0.6) is 0 Å². The zero-order valence-corrected chi connectivity index (χ0v) is 11.4. The van der Waals surface area contributed by atoms with Crippen molar-refractivity contribution in [2.75, 3.05) is 27.4 Å². The molecule has 0 amide bonds. The average Bonchev–Trinajstić information content (AvgIpc) is 2.39. The maximum atomic E-state index is 11.6. The first-order valence-electron chi connectivity index (χ1n) is 5.95. The summed E-state index contributed by atoms with van der Waals surface area (Å²) in [5, 5.41) is 0. The Hall–Kier alpha value is -1.14. The normalized spacial score (nSPS) is 13.8. The molecule has 0 bridgehead atoms. The minimum absolute atomic E-state index is 0.299. The quantitative estimate of drug-likeness (QED) is 0.352. The Kier molecular flexibility index (Phi) is 9.22. The lowest BCUT2D eigenvalue weighted by Gasteiger charge is -2.18. The van der Waals surface area contributed by atoms with Gasteiger partial charge in [0.2, 0.25) is 6.29 Å². The zero-order chi connectivity index (χ0) is 14.0. The van der Waals surface area contributed by atoms with Gasteiger partial charge in [-0.25, -0.2) is 0 Å². The van der Waals surface area contributed by atoms with Crippen molar-refractivity contribution in [3.63, 3.8) is 0 Å². The van der Waals surface area contributed by atoms with E-state index in [0.29, 0.717) is 26.1 Å². The molecule has 0 aliphatic rings. The predicted molar refractivity (Wildman–Crippen MR) is 63.8 cm³/mol. The van der Waals surface area contributed by atoms with Crippen molar-refractivity contribution >= 4 is 11.9 Å². The van der Waals surface area contributed by atoms with Crippen molar-refractivity contribution in [2.45, 2.75) is 33.0 Å². The molecule has 0 saturated heterocycles. The summed E-state index contributed by atoms with van der Waals surface area (Å²) in [7, 11) is 2.97. The molecule has 6 nitrogen and oxygen atoms in total. The van der Waals surface area contributed by atoms with E-state index in [-0.39, 0.29) is 0 Å². The summed E-state index contributed by atoms with van der Waals surface area (Å²) in [6, 6.07) is 0. The van der Waals surface area contributed by atoms with Crippen LogP contribution in [0.3, 0.4) is 0 Å². The van der Waals surface area contributed by atoms with E-state index in [9.17, 15) is 9.59 Å². The van der Waals surface area contributed by atoms with E-state index in [2.05, 4.69) is 0 Å². The maximum Gasteiger partial charge on any atom is 0.322 e.